The minimum absolute atomic E-state index is 0.0119. The summed E-state index contributed by atoms with van der Waals surface area (Å²) >= 11 is 1.57. The summed E-state index contributed by atoms with van der Waals surface area (Å²) in [6.45, 7) is 8.22. The Hall–Kier alpha value is -6.30. The van der Waals surface area contributed by atoms with Gasteiger partial charge in [-0.25, -0.2) is 4.98 Å². The molecule has 1 fully saturated rings. The largest absolute Gasteiger partial charge is 0.391 e. The zero-order chi connectivity index (χ0) is 51.0. The number of para-hydroxylation sites is 1. The highest BCUT2D eigenvalue weighted by atomic mass is 32.1. The van der Waals surface area contributed by atoms with Crippen LogP contribution in [0.1, 0.15) is 112 Å². The first-order chi connectivity index (χ1) is 33.9. The van der Waals surface area contributed by atoms with Gasteiger partial charge in [0.1, 0.15) is 23.9 Å². The van der Waals surface area contributed by atoms with Crippen LogP contribution in [0.25, 0.3) is 10.4 Å². The van der Waals surface area contributed by atoms with Gasteiger partial charge in [-0.05, 0) is 84.2 Å². The number of carbonyl (C=O) groups excluding carboxylic acids is 7. The van der Waals surface area contributed by atoms with Crippen LogP contribution in [0, 0.1) is 18.3 Å². The van der Waals surface area contributed by atoms with Gasteiger partial charge in [-0.3, -0.25) is 38.5 Å². The van der Waals surface area contributed by atoms with E-state index in [1.807, 2.05) is 99.9 Å². The van der Waals surface area contributed by atoms with Crippen LogP contribution in [0.4, 0.5) is 5.69 Å². The van der Waals surface area contributed by atoms with Gasteiger partial charge in [0.15, 0.2) is 0 Å². The monoisotopic (exact) mass is 988 g/mol. The average molecular weight is 989 g/mol. The van der Waals surface area contributed by atoms with Crippen molar-refractivity contribution < 1.29 is 38.7 Å². The van der Waals surface area contributed by atoms with Crippen molar-refractivity contribution in [3.8, 4) is 10.4 Å². The molecule has 6 amide bonds. The van der Waals surface area contributed by atoms with Gasteiger partial charge < -0.3 is 37.4 Å². The first-order valence-corrected chi connectivity index (χ1v) is 25.7. The fourth-order valence-corrected chi connectivity index (χ4v) is 10.7. The Bertz CT molecular complexity index is 2590. The topological polar surface area (TPSA) is 247 Å². The van der Waals surface area contributed by atoms with E-state index < -0.39 is 59.3 Å². The highest BCUT2D eigenvalue weighted by Gasteiger charge is 2.45. The number of carbonyl (C=O) groups is 7. The molecule has 378 valence electrons. The molecule has 1 aromatic heterocycles. The number of ketones is 1. The molecule has 0 aliphatic carbocycles. The van der Waals surface area contributed by atoms with Crippen LogP contribution in [0.2, 0.25) is 0 Å². The number of Topliss-reactive ketones (excluding diaryl/α,β-unsaturated/α-hetero) is 1. The SMILES string of the molecule is Cc1ncsc1-c1ccc(CNC(=O)[C@@H]2C[C@@H](O)CN2C(=O)[C@@H](CC(=O)CCCCCc2ccc(CNC(=O)[C@H](CCC(N)=O)NC(=O)[C@@H]3Cc4cccc5c4N3C(=O)[C@@H](N)CC5)cc2)C(C)(C)C)cc1. The quantitative estimate of drug-likeness (QED) is 0.0628. The smallest absolute Gasteiger partial charge is 0.244 e. The Morgan fingerprint density at radius 3 is 2.21 bits per heavy atom. The molecule has 4 heterocycles. The number of hydrogen-bond acceptors (Lipinski definition) is 11. The van der Waals surface area contributed by atoms with Crippen LogP contribution >= 0.6 is 11.3 Å². The van der Waals surface area contributed by atoms with E-state index in [0.29, 0.717) is 31.4 Å². The summed E-state index contributed by atoms with van der Waals surface area (Å²) in [5.41, 5.74) is 20.3. The molecule has 8 N–H and O–H groups in total. The molecule has 7 rings (SSSR count). The molecule has 0 spiro atoms. The number of β-amino-alcohol motifs (C(OH)–C–C–N with tert-alkyl or cyclic N) is 1. The minimum atomic E-state index is -1.06. The van der Waals surface area contributed by atoms with E-state index >= 15 is 0 Å². The second-order valence-corrected chi connectivity index (χ2v) is 21.3. The van der Waals surface area contributed by atoms with Crippen molar-refractivity contribution in [1.29, 1.82) is 0 Å². The number of aliphatic hydroxyl groups excluding tert-OH is 1. The number of thiazole rings is 1. The maximum Gasteiger partial charge on any atom is 0.244 e. The zero-order valence-corrected chi connectivity index (χ0v) is 42.0. The molecule has 3 aliphatic heterocycles. The molecule has 3 aromatic carbocycles. The molecule has 16 nitrogen and oxygen atoms in total. The second kappa shape index (κ2) is 23.3. The Kier molecular flexibility index (Phi) is 17.2. The van der Waals surface area contributed by atoms with E-state index in [1.165, 1.54) is 9.80 Å². The van der Waals surface area contributed by atoms with Gasteiger partial charge >= 0.3 is 0 Å². The molecule has 1 saturated heterocycles. The number of benzene rings is 3. The summed E-state index contributed by atoms with van der Waals surface area (Å²) in [5, 5.41) is 19.3. The number of unbranched alkanes of at least 4 members (excludes halogenated alkanes) is 2. The highest BCUT2D eigenvalue weighted by molar-refractivity contribution is 7.13. The Morgan fingerprint density at radius 2 is 1.54 bits per heavy atom. The van der Waals surface area contributed by atoms with Crippen molar-refractivity contribution >= 4 is 58.3 Å². The third-order valence-corrected chi connectivity index (χ3v) is 15.0. The number of rotatable bonds is 21. The maximum absolute atomic E-state index is 14.1. The molecule has 0 bridgehead atoms. The third-order valence-electron chi connectivity index (χ3n) is 14.0. The zero-order valence-electron chi connectivity index (χ0n) is 41.2. The first kappa shape index (κ1) is 52.5. The summed E-state index contributed by atoms with van der Waals surface area (Å²) in [6.07, 6.45) is 3.98. The molecule has 6 atom stereocenters. The van der Waals surface area contributed by atoms with E-state index in [-0.39, 0.29) is 75.2 Å². The minimum Gasteiger partial charge on any atom is -0.391 e. The highest BCUT2D eigenvalue weighted by Crippen LogP contribution is 2.39. The summed E-state index contributed by atoms with van der Waals surface area (Å²) in [5.74, 6) is -3.24. The van der Waals surface area contributed by atoms with Crippen molar-refractivity contribution in [1.82, 2.24) is 25.8 Å². The van der Waals surface area contributed by atoms with Crippen molar-refractivity contribution in [3.05, 3.63) is 106 Å². The van der Waals surface area contributed by atoms with Crippen molar-refractivity contribution in [2.45, 2.75) is 148 Å². The van der Waals surface area contributed by atoms with Gasteiger partial charge in [-0.1, -0.05) is 93.9 Å². The van der Waals surface area contributed by atoms with E-state index in [0.717, 1.165) is 63.2 Å². The average Bonchev–Trinajstić information content (AvgIpc) is 4.06. The molecular formula is C54H68N8O8S. The molecule has 0 saturated carbocycles. The number of aryl methyl sites for hydroxylation is 3. The Morgan fingerprint density at radius 1 is 0.859 bits per heavy atom. The fourth-order valence-electron chi connectivity index (χ4n) is 9.91. The van der Waals surface area contributed by atoms with Crippen LogP contribution in [0.3, 0.4) is 0 Å². The van der Waals surface area contributed by atoms with Crippen LogP contribution in [-0.2, 0) is 65.9 Å². The van der Waals surface area contributed by atoms with Gasteiger partial charge in [0.2, 0.25) is 35.4 Å². The molecule has 71 heavy (non-hydrogen) atoms. The second-order valence-electron chi connectivity index (χ2n) is 20.4. The molecule has 0 unspecified atom stereocenters. The number of hydrogen-bond donors (Lipinski definition) is 6. The van der Waals surface area contributed by atoms with Crippen LogP contribution in [-0.4, -0.2) is 93.0 Å². The van der Waals surface area contributed by atoms with Gasteiger partial charge in [0.25, 0.3) is 0 Å². The predicted molar refractivity (Wildman–Crippen MR) is 271 cm³/mol. The van der Waals surface area contributed by atoms with E-state index in [2.05, 4.69) is 20.9 Å². The van der Waals surface area contributed by atoms with Gasteiger partial charge in [-0.2, -0.15) is 0 Å². The van der Waals surface area contributed by atoms with Crippen molar-refractivity contribution in [3.63, 3.8) is 0 Å². The lowest BCUT2D eigenvalue weighted by atomic mass is 9.76. The lowest BCUT2D eigenvalue weighted by Crippen LogP contribution is -2.56. The number of nitrogens with two attached hydrogens (primary N) is 2. The number of amides is 6. The molecule has 4 aromatic rings. The lowest BCUT2D eigenvalue weighted by Gasteiger charge is -2.34. The number of likely N-dealkylation sites (tertiary alicyclic amines) is 1. The Balaban J connectivity index is 0.841. The molecule has 0 radical (unpaired) electrons. The summed E-state index contributed by atoms with van der Waals surface area (Å²) < 4.78 is 0. The number of nitrogens with zero attached hydrogens (tertiary/aromatic N) is 3. The van der Waals surface area contributed by atoms with Crippen LogP contribution < -0.4 is 32.3 Å². The number of anilines is 1. The van der Waals surface area contributed by atoms with Crippen LogP contribution in [0.5, 0.6) is 0 Å². The number of aliphatic hydroxyl groups is 1. The number of primary amides is 1. The Labute approximate surface area is 419 Å². The van der Waals surface area contributed by atoms with Crippen LogP contribution in [0.15, 0.2) is 72.2 Å². The number of nitrogens with one attached hydrogen (secondary N) is 3. The van der Waals surface area contributed by atoms with Gasteiger partial charge in [0, 0.05) is 57.7 Å². The first-order valence-electron chi connectivity index (χ1n) is 24.8. The van der Waals surface area contributed by atoms with E-state index in [9.17, 15) is 38.7 Å². The maximum atomic E-state index is 14.1. The normalized spacial score (nSPS) is 19.4. The molecular weight excluding hydrogens is 921 g/mol. The summed E-state index contributed by atoms with van der Waals surface area (Å²) in [6, 6.07) is 17.9. The van der Waals surface area contributed by atoms with Crippen molar-refractivity contribution in [2.75, 3.05) is 11.4 Å². The van der Waals surface area contributed by atoms with E-state index in [4.69, 9.17) is 11.5 Å². The molecule has 17 heteroatoms. The third kappa shape index (κ3) is 13.2. The lowest BCUT2D eigenvalue weighted by molar-refractivity contribution is -0.146. The molecule has 3 aliphatic rings. The van der Waals surface area contributed by atoms with Gasteiger partial charge in [-0.15, -0.1) is 11.3 Å². The summed E-state index contributed by atoms with van der Waals surface area (Å²) in [4.78, 5) is 102. The van der Waals surface area contributed by atoms with Crippen molar-refractivity contribution in [2.24, 2.45) is 22.8 Å². The predicted octanol–water partition coefficient (Wildman–Crippen LogP) is 4.72. The standard InChI is InChI=1S/C54H68N8O8S/c1-32-48(71-31-59-32)37-19-17-35(18-20-37)29-58-50(67)44-27-40(64)30-61(44)52(69)41(54(2,3)4)26-39(63)12-7-5-6-9-33-13-15-34(16-14-33)28-57-49(66)43(23-24-46(56)65)60-51(68)45-25-38-11-8-10-36-21-22-42(55)53(70)62(45)47(36)38/h8,10-11,13-20,31,40-45,64H,5-7,9,12,21-30,55H2,1-4H3,(H2,56,65)(H,57,66)(H,58,67)(H,60,68)/t40-,41-,42+,43+,44+,45+/m1/s1. The van der Waals surface area contributed by atoms with Gasteiger partial charge in [0.05, 0.1) is 33.9 Å². The number of aromatic nitrogens is 1. The van der Waals surface area contributed by atoms with E-state index in [1.54, 1.807) is 11.3 Å². The summed E-state index contributed by atoms with van der Waals surface area (Å²) in [7, 11) is 0. The fraction of sp³-hybridized carbons (Fsp3) is 0.481.